The molecule has 0 aliphatic heterocycles. The van der Waals surface area contributed by atoms with E-state index in [4.69, 9.17) is 16.7 Å². The first-order valence-corrected chi connectivity index (χ1v) is 6.79. The van der Waals surface area contributed by atoms with Gasteiger partial charge >= 0.3 is 5.97 Å². The molecule has 1 amide bonds. The molecule has 110 valence electrons. The number of rotatable bonds is 4. The van der Waals surface area contributed by atoms with Gasteiger partial charge in [0, 0.05) is 17.3 Å². The molecule has 0 aliphatic rings. The molecule has 1 aromatic heterocycles. The van der Waals surface area contributed by atoms with Crippen molar-refractivity contribution in [3.63, 3.8) is 0 Å². The Bertz CT molecular complexity index is 692. The number of hydrogen-bond acceptors (Lipinski definition) is 2. The van der Waals surface area contributed by atoms with Crippen molar-refractivity contribution >= 4 is 29.2 Å². The minimum atomic E-state index is -1.15. The van der Waals surface area contributed by atoms with Gasteiger partial charge in [0.15, 0.2) is 0 Å². The first-order valence-electron chi connectivity index (χ1n) is 6.41. The lowest BCUT2D eigenvalue weighted by molar-refractivity contribution is 0.0698. The Balaban J connectivity index is 2.32. The molecule has 0 unspecified atom stereocenters. The molecule has 2 aromatic rings. The van der Waals surface area contributed by atoms with Crippen molar-refractivity contribution < 1.29 is 14.7 Å². The lowest BCUT2D eigenvalue weighted by atomic mass is 10.1. The third kappa shape index (κ3) is 3.25. The van der Waals surface area contributed by atoms with Crippen LogP contribution in [0, 0.1) is 0 Å². The SMILES string of the molecule is CC(C)n1cccc1C(=O)Nc1ccc(Cl)cc1C(=O)O. The van der Waals surface area contributed by atoms with E-state index >= 15 is 0 Å². The molecule has 0 aliphatic carbocycles. The molecule has 0 fully saturated rings. The van der Waals surface area contributed by atoms with Crippen molar-refractivity contribution in [1.29, 1.82) is 0 Å². The number of aromatic nitrogens is 1. The maximum Gasteiger partial charge on any atom is 0.337 e. The zero-order valence-corrected chi connectivity index (χ0v) is 12.4. The molecule has 2 N–H and O–H groups in total. The molecular formula is C15H15ClN2O3. The molecule has 0 saturated heterocycles. The highest BCUT2D eigenvalue weighted by atomic mass is 35.5. The molecule has 6 heteroatoms. The fourth-order valence-electron chi connectivity index (χ4n) is 2.03. The third-order valence-electron chi connectivity index (χ3n) is 3.03. The molecular weight excluding hydrogens is 292 g/mol. The van der Waals surface area contributed by atoms with Crippen molar-refractivity contribution in [2.45, 2.75) is 19.9 Å². The van der Waals surface area contributed by atoms with Crippen LogP contribution in [-0.4, -0.2) is 21.6 Å². The number of carbonyl (C=O) groups is 2. The molecule has 0 spiro atoms. The summed E-state index contributed by atoms with van der Waals surface area (Å²) in [4.78, 5) is 23.5. The van der Waals surface area contributed by atoms with Gasteiger partial charge in [-0.15, -0.1) is 0 Å². The summed E-state index contributed by atoms with van der Waals surface area (Å²) in [6.07, 6.45) is 1.81. The van der Waals surface area contributed by atoms with Gasteiger partial charge in [-0.05, 0) is 44.2 Å². The largest absolute Gasteiger partial charge is 0.478 e. The van der Waals surface area contributed by atoms with Gasteiger partial charge in [0.25, 0.3) is 5.91 Å². The van der Waals surface area contributed by atoms with Gasteiger partial charge in [-0.3, -0.25) is 4.79 Å². The molecule has 1 aromatic carbocycles. The van der Waals surface area contributed by atoms with Crippen LogP contribution in [0.25, 0.3) is 0 Å². The Morgan fingerprint density at radius 1 is 1.29 bits per heavy atom. The second-order valence-corrected chi connectivity index (χ2v) is 5.28. The zero-order chi connectivity index (χ0) is 15.6. The lowest BCUT2D eigenvalue weighted by Gasteiger charge is -2.14. The first kappa shape index (κ1) is 15.1. The Hall–Kier alpha value is -2.27. The van der Waals surface area contributed by atoms with Crippen LogP contribution in [-0.2, 0) is 0 Å². The molecule has 21 heavy (non-hydrogen) atoms. The van der Waals surface area contributed by atoms with Gasteiger partial charge in [0.1, 0.15) is 5.69 Å². The standard InChI is InChI=1S/C15H15ClN2O3/c1-9(2)18-7-3-4-13(18)14(19)17-12-6-5-10(16)8-11(12)15(20)21/h3-9H,1-2H3,(H,17,19)(H,20,21). The minimum absolute atomic E-state index is 0.0431. The molecule has 1 heterocycles. The summed E-state index contributed by atoms with van der Waals surface area (Å²) in [5, 5.41) is 12.1. The van der Waals surface area contributed by atoms with Crippen molar-refractivity contribution in [1.82, 2.24) is 4.57 Å². The number of nitrogens with zero attached hydrogens (tertiary/aromatic N) is 1. The Morgan fingerprint density at radius 3 is 2.62 bits per heavy atom. The van der Waals surface area contributed by atoms with Gasteiger partial charge in [-0.1, -0.05) is 11.6 Å². The third-order valence-corrected chi connectivity index (χ3v) is 3.26. The van der Waals surface area contributed by atoms with E-state index in [9.17, 15) is 9.59 Å². The summed E-state index contributed by atoms with van der Waals surface area (Å²) in [5.74, 6) is -1.51. The van der Waals surface area contributed by atoms with Crippen molar-refractivity contribution in [3.8, 4) is 0 Å². The van der Waals surface area contributed by atoms with Crippen molar-refractivity contribution in [2.24, 2.45) is 0 Å². The van der Waals surface area contributed by atoms with E-state index in [0.29, 0.717) is 10.7 Å². The zero-order valence-electron chi connectivity index (χ0n) is 11.6. The highest BCUT2D eigenvalue weighted by molar-refractivity contribution is 6.31. The normalized spacial score (nSPS) is 10.7. The van der Waals surface area contributed by atoms with E-state index in [0.717, 1.165) is 0 Å². The summed E-state index contributed by atoms with van der Waals surface area (Å²) in [6.45, 7) is 3.92. The van der Waals surface area contributed by atoms with Crippen LogP contribution >= 0.6 is 11.6 Å². The van der Waals surface area contributed by atoms with E-state index in [-0.39, 0.29) is 23.2 Å². The molecule has 0 saturated carbocycles. The van der Waals surface area contributed by atoms with Crippen molar-refractivity contribution in [2.75, 3.05) is 5.32 Å². The number of aromatic carboxylic acids is 1. The van der Waals surface area contributed by atoms with Crippen LogP contribution < -0.4 is 5.32 Å². The van der Waals surface area contributed by atoms with E-state index < -0.39 is 5.97 Å². The maximum atomic E-state index is 12.3. The number of amides is 1. The van der Waals surface area contributed by atoms with Gasteiger partial charge in [0.05, 0.1) is 11.3 Å². The Labute approximate surface area is 127 Å². The van der Waals surface area contributed by atoms with Gasteiger partial charge in [0.2, 0.25) is 0 Å². The van der Waals surface area contributed by atoms with E-state index in [1.165, 1.54) is 18.2 Å². The second-order valence-electron chi connectivity index (χ2n) is 4.84. The summed E-state index contributed by atoms with van der Waals surface area (Å²) < 4.78 is 1.81. The highest BCUT2D eigenvalue weighted by Gasteiger charge is 2.17. The number of nitrogens with one attached hydrogen (secondary N) is 1. The quantitative estimate of drug-likeness (QED) is 0.905. The number of carboxylic acids is 1. The Kier molecular flexibility index (Phi) is 4.33. The van der Waals surface area contributed by atoms with Gasteiger partial charge in [-0.2, -0.15) is 0 Å². The number of halogens is 1. The Morgan fingerprint density at radius 2 is 2.00 bits per heavy atom. The highest BCUT2D eigenvalue weighted by Crippen LogP contribution is 2.22. The number of carbonyl (C=O) groups excluding carboxylic acids is 1. The summed E-state index contributed by atoms with van der Waals surface area (Å²) in [5.41, 5.74) is 0.642. The van der Waals surface area contributed by atoms with Crippen LogP contribution in [0.15, 0.2) is 36.5 Å². The number of hydrogen-bond donors (Lipinski definition) is 2. The number of carboxylic acid groups (broad SMARTS) is 1. The predicted molar refractivity (Wildman–Crippen MR) is 81.2 cm³/mol. The molecule has 0 atom stereocenters. The number of anilines is 1. The average Bonchev–Trinajstić information content (AvgIpc) is 2.90. The van der Waals surface area contributed by atoms with Crippen LogP contribution in [0.5, 0.6) is 0 Å². The van der Waals surface area contributed by atoms with E-state index in [2.05, 4.69) is 5.32 Å². The van der Waals surface area contributed by atoms with Crippen LogP contribution in [0.1, 0.15) is 40.7 Å². The fourth-order valence-corrected chi connectivity index (χ4v) is 2.20. The van der Waals surface area contributed by atoms with Crippen LogP contribution in [0.2, 0.25) is 5.02 Å². The summed E-state index contributed by atoms with van der Waals surface area (Å²) >= 11 is 5.78. The maximum absolute atomic E-state index is 12.3. The van der Waals surface area contributed by atoms with Gasteiger partial charge < -0.3 is 15.0 Å². The van der Waals surface area contributed by atoms with E-state index in [1.54, 1.807) is 18.3 Å². The summed E-state index contributed by atoms with van der Waals surface area (Å²) in [6, 6.07) is 7.91. The van der Waals surface area contributed by atoms with E-state index in [1.807, 2.05) is 18.4 Å². The topological polar surface area (TPSA) is 71.3 Å². The average molecular weight is 307 g/mol. The molecule has 0 radical (unpaired) electrons. The van der Waals surface area contributed by atoms with Crippen LogP contribution in [0.4, 0.5) is 5.69 Å². The predicted octanol–water partition coefficient (Wildman–Crippen LogP) is 3.67. The monoisotopic (exact) mass is 306 g/mol. The molecule has 2 rings (SSSR count). The molecule has 5 nitrogen and oxygen atoms in total. The lowest BCUT2D eigenvalue weighted by Crippen LogP contribution is -2.19. The summed E-state index contributed by atoms with van der Waals surface area (Å²) in [7, 11) is 0. The second kappa shape index (κ2) is 6.01. The first-order chi connectivity index (χ1) is 9.90. The van der Waals surface area contributed by atoms with Crippen molar-refractivity contribution in [3.05, 3.63) is 52.8 Å². The fraction of sp³-hybridized carbons (Fsp3) is 0.200. The van der Waals surface area contributed by atoms with Gasteiger partial charge in [-0.25, -0.2) is 4.79 Å². The van der Waals surface area contributed by atoms with Crippen LogP contribution in [0.3, 0.4) is 0 Å². The molecule has 0 bridgehead atoms. The minimum Gasteiger partial charge on any atom is -0.478 e. The smallest absolute Gasteiger partial charge is 0.337 e. The number of benzene rings is 1.